The van der Waals surface area contributed by atoms with E-state index >= 15 is 0 Å². The Morgan fingerprint density at radius 3 is 2.56 bits per heavy atom. The second-order valence-corrected chi connectivity index (χ2v) is 4.90. The third-order valence-electron chi connectivity index (χ3n) is 3.24. The standard InChI is InChI=1S/C16H11N3O6/c20-13-4-2-1-3-12(13)16(21)24-9-14-17-18-15(25-14)10-5-7-11(8-6-10)19(22)23/h1-8,20H,9H2. The molecule has 3 aromatic rings. The lowest BCUT2D eigenvalue weighted by Gasteiger charge is -2.03. The van der Waals surface area contributed by atoms with Crippen LogP contribution in [0, 0.1) is 10.1 Å². The van der Waals surface area contributed by atoms with Gasteiger partial charge in [-0.15, -0.1) is 10.2 Å². The monoisotopic (exact) mass is 341 g/mol. The topological polar surface area (TPSA) is 129 Å². The molecule has 0 saturated carbocycles. The van der Waals surface area contributed by atoms with Crippen LogP contribution in [0.4, 0.5) is 5.69 Å². The van der Waals surface area contributed by atoms with Gasteiger partial charge in [-0.05, 0) is 24.3 Å². The molecule has 1 N–H and O–H groups in total. The molecule has 9 heteroatoms. The molecule has 0 bridgehead atoms. The predicted molar refractivity (Wildman–Crippen MR) is 83.6 cm³/mol. The van der Waals surface area contributed by atoms with E-state index < -0.39 is 10.9 Å². The van der Waals surface area contributed by atoms with E-state index in [1.54, 1.807) is 12.1 Å². The molecule has 25 heavy (non-hydrogen) atoms. The van der Waals surface area contributed by atoms with E-state index in [4.69, 9.17) is 9.15 Å². The van der Waals surface area contributed by atoms with Crippen LogP contribution in [0.2, 0.25) is 0 Å². The van der Waals surface area contributed by atoms with Gasteiger partial charge in [0.1, 0.15) is 11.3 Å². The second-order valence-electron chi connectivity index (χ2n) is 4.90. The summed E-state index contributed by atoms with van der Waals surface area (Å²) in [6, 6.07) is 11.6. The number of rotatable bonds is 5. The number of hydrogen-bond donors (Lipinski definition) is 1. The van der Waals surface area contributed by atoms with Gasteiger partial charge < -0.3 is 14.3 Å². The molecular weight excluding hydrogens is 330 g/mol. The van der Waals surface area contributed by atoms with Crippen LogP contribution in [0.3, 0.4) is 0 Å². The van der Waals surface area contributed by atoms with Gasteiger partial charge in [0.15, 0.2) is 6.61 Å². The number of carbonyl (C=O) groups excluding carboxylic acids is 1. The van der Waals surface area contributed by atoms with E-state index in [2.05, 4.69) is 10.2 Å². The molecule has 0 aliphatic rings. The van der Waals surface area contributed by atoms with E-state index in [0.717, 1.165) is 0 Å². The minimum absolute atomic E-state index is 0.0256. The van der Waals surface area contributed by atoms with Gasteiger partial charge in [-0.1, -0.05) is 12.1 Å². The largest absolute Gasteiger partial charge is 0.507 e. The first kappa shape index (κ1) is 16.1. The Morgan fingerprint density at radius 1 is 1.16 bits per heavy atom. The molecule has 3 rings (SSSR count). The van der Waals surface area contributed by atoms with Crippen LogP contribution in [0.15, 0.2) is 52.9 Å². The molecule has 0 radical (unpaired) electrons. The van der Waals surface area contributed by atoms with Crippen molar-refractivity contribution in [2.75, 3.05) is 0 Å². The summed E-state index contributed by atoms with van der Waals surface area (Å²) in [6.07, 6.45) is 0. The summed E-state index contributed by atoms with van der Waals surface area (Å²) in [5.41, 5.74) is 0.467. The molecule has 126 valence electrons. The lowest BCUT2D eigenvalue weighted by Crippen LogP contribution is -2.05. The summed E-state index contributed by atoms with van der Waals surface area (Å²) in [4.78, 5) is 22.0. The van der Waals surface area contributed by atoms with Gasteiger partial charge in [0, 0.05) is 17.7 Å². The number of aromatic hydroxyl groups is 1. The van der Waals surface area contributed by atoms with E-state index in [0.29, 0.717) is 5.56 Å². The van der Waals surface area contributed by atoms with E-state index in [1.165, 1.54) is 36.4 Å². The Balaban J connectivity index is 1.67. The summed E-state index contributed by atoms with van der Waals surface area (Å²) in [5.74, 6) is -0.724. The molecule has 0 amide bonds. The average Bonchev–Trinajstić information content (AvgIpc) is 3.09. The number of phenols is 1. The van der Waals surface area contributed by atoms with Gasteiger partial charge in [-0.2, -0.15) is 0 Å². The van der Waals surface area contributed by atoms with Crippen molar-refractivity contribution in [1.82, 2.24) is 10.2 Å². The Hall–Kier alpha value is -3.75. The second kappa shape index (κ2) is 6.79. The number of nitrogens with zero attached hydrogens (tertiary/aromatic N) is 3. The van der Waals surface area contributed by atoms with Crippen molar-refractivity contribution in [3.8, 4) is 17.2 Å². The Bertz CT molecular complexity index is 920. The summed E-state index contributed by atoms with van der Waals surface area (Å²) in [5, 5.41) is 27.8. The van der Waals surface area contributed by atoms with Crippen LogP contribution >= 0.6 is 0 Å². The maximum Gasteiger partial charge on any atom is 0.342 e. The number of carbonyl (C=O) groups is 1. The van der Waals surface area contributed by atoms with Gasteiger partial charge in [-0.25, -0.2) is 4.79 Å². The van der Waals surface area contributed by atoms with Crippen LogP contribution in [0.25, 0.3) is 11.5 Å². The molecule has 1 heterocycles. The molecule has 0 fully saturated rings. The summed E-state index contributed by atoms with van der Waals surface area (Å²) in [6.45, 7) is -0.271. The van der Waals surface area contributed by atoms with Gasteiger partial charge in [0.2, 0.25) is 5.89 Å². The summed E-state index contributed by atoms with van der Waals surface area (Å²) in [7, 11) is 0. The molecule has 0 unspecified atom stereocenters. The zero-order chi connectivity index (χ0) is 17.8. The summed E-state index contributed by atoms with van der Waals surface area (Å²) >= 11 is 0. The van der Waals surface area contributed by atoms with Crippen LogP contribution in [-0.4, -0.2) is 26.2 Å². The maximum absolute atomic E-state index is 11.9. The fourth-order valence-corrected chi connectivity index (χ4v) is 2.01. The Morgan fingerprint density at radius 2 is 1.88 bits per heavy atom. The molecule has 0 saturated heterocycles. The number of ether oxygens (including phenoxy) is 1. The van der Waals surface area contributed by atoms with Crippen LogP contribution in [0.1, 0.15) is 16.2 Å². The van der Waals surface area contributed by atoms with Crippen LogP contribution in [0.5, 0.6) is 5.75 Å². The van der Waals surface area contributed by atoms with Gasteiger partial charge in [0.25, 0.3) is 11.6 Å². The SMILES string of the molecule is O=C(OCc1nnc(-c2ccc([N+](=O)[O-])cc2)o1)c1ccccc1O. The van der Waals surface area contributed by atoms with Crippen molar-refractivity contribution >= 4 is 11.7 Å². The van der Waals surface area contributed by atoms with Crippen LogP contribution < -0.4 is 0 Å². The highest BCUT2D eigenvalue weighted by Crippen LogP contribution is 2.22. The average molecular weight is 341 g/mol. The first-order valence-electron chi connectivity index (χ1n) is 7.07. The number of nitro benzene ring substituents is 1. The van der Waals surface area contributed by atoms with Gasteiger partial charge >= 0.3 is 5.97 Å². The quantitative estimate of drug-likeness (QED) is 0.426. The molecule has 1 aromatic heterocycles. The number of nitro groups is 1. The zero-order valence-electron chi connectivity index (χ0n) is 12.7. The number of para-hydroxylation sites is 1. The molecule has 2 aromatic carbocycles. The molecule has 9 nitrogen and oxygen atoms in total. The Kier molecular flexibility index (Phi) is 4.38. The van der Waals surface area contributed by atoms with Gasteiger partial charge in [0.05, 0.1) is 4.92 Å². The number of non-ortho nitro benzene ring substituents is 1. The first-order chi connectivity index (χ1) is 12.0. The smallest absolute Gasteiger partial charge is 0.342 e. The third-order valence-corrected chi connectivity index (χ3v) is 3.24. The summed E-state index contributed by atoms with van der Waals surface area (Å²) < 4.78 is 10.4. The highest BCUT2D eigenvalue weighted by Gasteiger charge is 2.15. The number of hydrogen-bond acceptors (Lipinski definition) is 8. The van der Waals surface area contributed by atoms with Crippen molar-refractivity contribution in [2.45, 2.75) is 6.61 Å². The predicted octanol–water partition coefficient (Wildman–Crippen LogP) is 2.71. The first-order valence-corrected chi connectivity index (χ1v) is 7.07. The Labute approximate surface area is 140 Å². The number of phenolic OH excluding ortho intramolecular Hbond substituents is 1. The molecule has 0 spiro atoms. The van der Waals surface area contributed by atoms with E-state index in [-0.39, 0.29) is 35.4 Å². The highest BCUT2D eigenvalue weighted by molar-refractivity contribution is 5.92. The third kappa shape index (κ3) is 3.61. The fraction of sp³-hybridized carbons (Fsp3) is 0.0625. The maximum atomic E-state index is 11.9. The van der Waals surface area contributed by atoms with E-state index in [1.807, 2.05) is 0 Å². The lowest BCUT2D eigenvalue weighted by molar-refractivity contribution is -0.384. The van der Waals surface area contributed by atoms with E-state index in [9.17, 15) is 20.0 Å². The van der Waals surface area contributed by atoms with Crippen molar-refractivity contribution in [3.05, 3.63) is 70.1 Å². The van der Waals surface area contributed by atoms with Crippen molar-refractivity contribution in [3.63, 3.8) is 0 Å². The normalized spacial score (nSPS) is 10.4. The van der Waals surface area contributed by atoms with Crippen molar-refractivity contribution < 1.29 is 24.0 Å². The van der Waals surface area contributed by atoms with Crippen molar-refractivity contribution in [1.29, 1.82) is 0 Å². The molecule has 0 atom stereocenters. The molecule has 0 aliphatic carbocycles. The number of aromatic nitrogens is 2. The minimum atomic E-state index is -0.729. The fourth-order valence-electron chi connectivity index (χ4n) is 2.01. The molecule has 0 aliphatic heterocycles. The lowest BCUT2D eigenvalue weighted by atomic mass is 10.2. The molecular formula is C16H11N3O6. The number of esters is 1. The zero-order valence-corrected chi connectivity index (χ0v) is 12.7. The van der Waals surface area contributed by atoms with Gasteiger partial charge in [-0.3, -0.25) is 10.1 Å². The van der Waals surface area contributed by atoms with Crippen molar-refractivity contribution in [2.24, 2.45) is 0 Å². The highest BCUT2D eigenvalue weighted by atomic mass is 16.6. The minimum Gasteiger partial charge on any atom is -0.507 e. The van der Waals surface area contributed by atoms with Crippen LogP contribution in [-0.2, 0) is 11.3 Å². The number of benzene rings is 2.